The first-order valence-electron chi connectivity index (χ1n) is 5.41. The van der Waals surface area contributed by atoms with E-state index < -0.39 is 0 Å². The summed E-state index contributed by atoms with van der Waals surface area (Å²) in [5.74, 6) is 0. The van der Waals surface area contributed by atoms with E-state index in [1.807, 2.05) is 18.4 Å². The zero-order valence-corrected chi connectivity index (χ0v) is 10.4. The maximum atomic E-state index is 3.24. The van der Waals surface area contributed by atoms with Crippen molar-refractivity contribution in [2.45, 2.75) is 26.8 Å². The van der Waals surface area contributed by atoms with Gasteiger partial charge in [-0.15, -0.1) is 11.3 Å². The third-order valence-electron chi connectivity index (χ3n) is 2.72. The second kappa shape index (κ2) is 4.33. The van der Waals surface area contributed by atoms with E-state index in [1.54, 1.807) is 0 Å². The van der Waals surface area contributed by atoms with Crippen LogP contribution in [0.1, 0.15) is 22.9 Å². The van der Waals surface area contributed by atoms with E-state index in [1.165, 1.54) is 26.1 Å². The molecule has 0 saturated carbocycles. The van der Waals surface area contributed by atoms with Crippen LogP contribution in [0.25, 0.3) is 10.1 Å². The molecule has 1 N–H and O–H groups in total. The number of hydrogen-bond acceptors (Lipinski definition) is 2. The Bertz CT molecular complexity index is 471. The third kappa shape index (κ3) is 1.92. The predicted molar refractivity (Wildman–Crippen MR) is 68.7 cm³/mol. The van der Waals surface area contributed by atoms with Crippen LogP contribution < -0.4 is 5.32 Å². The Morgan fingerprint density at radius 2 is 2.13 bits per heavy atom. The van der Waals surface area contributed by atoms with Gasteiger partial charge in [-0.3, -0.25) is 0 Å². The summed E-state index contributed by atoms with van der Waals surface area (Å²) in [5.41, 5.74) is 2.87. The summed E-state index contributed by atoms with van der Waals surface area (Å²) in [6.07, 6.45) is 1.13. The van der Waals surface area contributed by atoms with Crippen molar-refractivity contribution in [1.29, 1.82) is 0 Å². The smallest absolute Gasteiger partial charge is 0.0349 e. The molecule has 0 amide bonds. The minimum atomic E-state index is 0.988. The van der Waals surface area contributed by atoms with Gasteiger partial charge in [0.15, 0.2) is 0 Å². The van der Waals surface area contributed by atoms with Crippen LogP contribution in [0.2, 0.25) is 0 Å². The molecule has 0 fully saturated rings. The van der Waals surface area contributed by atoms with Gasteiger partial charge in [-0.25, -0.2) is 0 Å². The first-order valence-corrected chi connectivity index (χ1v) is 6.23. The molecule has 0 aliphatic heterocycles. The molecule has 0 bridgehead atoms. The molecule has 0 spiro atoms. The summed E-state index contributed by atoms with van der Waals surface area (Å²) in [7, 11) is 2.01. The van der Waals surface area contributed by atoms with Crippen LogP contribution in [-0.4, -0.2) is 7.05 Å². The Labute approximate surface area is 95.1 Å². The Morgan fingerprint density at radius 3 is 2.80 bits per heavy atom. The number of hydrogen-bond donors (Lipinski definition) is 1. The van der Waals surface area contributed by atoms with Gasteiger partial charge in [0.1, 0.15) is 0 Å². The molecule has 2 heteroatoms. The molecule has 0 atom stereocenters. The number of aryl methyl sites for hydroxylation is 2. The number of benzene rings is 1. The molecule has 1 aromatic heterocycles. The minimum absolute atomic E-state index is 0.988. The van der Waals surface area contributed by atoms with Crippen LogP contribution in [0.4, 0.5) is 0 Å². The van der Waals surface area contributed by atoms with Crippen LogP contribution >= 0.6 is 11.3 Å². The molecule has 0 saturated heterocycles. The molecule has 0 aliphatic rings. The van der Waals surface area contributed by atoms with Gasteiger partial charge in [0, 0.05) is 16.1 Å². The van der Waals surface area contributed by atoms with Crippen molar-refractivity contribution in [1.82, 2.24) is 5.32 Å². The lowest BCUT2D eigenvalue weighted by Gasteiger charge is -2.00. The van der Waals surface area contributed by atoms with Crippen LogP contribution in [-0.2, 0) is 13.0 Å². The van der Waals surface area contributed by atoms with E-state index in [9.17, 15) is 0 Å². The first kappa shape index (κ1) is 10.7. The van der Waals surface area contributed by atoms with Gasteiger partial charge in [0.05, 0.1) is 0 Å². The summed E-state index contributed by atoms with van der Waals surface area (Å²) >= 11 is 1.92. The van der Waals surface area contributed by atoms with Gasteiger partial charge < -0.3 is 5.32 Å². The molecule has 0 radical (unpaired) electrons. The topological polar surface area (TPSA) is 12.0 Å². The van der Waals surface area contributed by atoms with Gasteiger partial charge >= 0.3 is 0 Å². The predicted octanol–water partition coefficient (Wildman–Crippen LogP) is 3.49. The van der Waals surface area contributed by atoms with Crippen molar-refractivity contribution in [3.8, 4) is 0 Å². The zero-order valence-electron chi connectivity index (χ0n) is 9.55. The SMILES string of the molecule is CCc1c(CNC)sc2ccc(C)cc12. The van der Waals surface area contributed by atoms with Crippen LogP contribution in [0, 0.1) is 6.92 Å². The fourth-order valence-corrected chi connectivity index (χ4v) is 3.29. The standard InChI is InChI=1S/C13H17NS/c1-4-10-11-7-9(2)5-6-12(11)15-13(10)8-14-3/h5-7,14H,4,8H2,1-3H3. The molecule has 1 aromatic carbocycles. The minimum Gasteiger partial charge on any atom is -0.315 e. The van der Waals surface area contributed by atoms with Gasteiger partial charge in [0.25, 0.3) is 0 Å². The van der Waals surface area contributed by atoms with E-state index in [-0.39, 0.29) is 0 Å². The normalized spacial score (nSPS) is 11.1. The number of nitrogens with one attached hydrogen (secondary N) is 1. The molecule has 1 heterocycles. The molecule has 2 rings (SSSR count). The second-order valence-electron chi connectivity index (χ2n) is 3.89. The highest BCUT2D eigenvalue weighted by Crippen LogP contribution is 2.32. The first-order chi connectivity index (χ1) is 7.26. The second-order valence-corrected chi connectivity index (χ2v) is 5.02. The number of thiophene rings is 1. The lowest BCUT2D eigenvalue weighted by atomic mass is 10.1. The average Bonchev–Trinajstić information content (AvgIpc) is 2.55. The molecule has 15 heavy (non-hydrogen) atoms. The Balaban J connectivity index is 2.63. The van der Waals surface area contributed by atoms with Crippen LogP contribution in [0.5, 0.6) is 0 Å². The molecular weight excluding hydrogens is 202 g/mol. The molecular formula is C13H17NS. The van der Waals surface area contributed by atoms with Gasteiger partial charge in [-0.05, 0) is 37.4 Å². The zero-order chi connectivity index (χ0) is 10.8. The lowest BCUT2D eigenvalue weighted by Crippen LogP contribution is -2.04. The highest BCUT2D eigenvalue weighted by atomic mass is 32.1. The fraction of sp³-hybridized carbons (Fsp3) is 0.385. The summed E-state index contributed by atoms with van der Waals surface area (Å²) in [6, 6.07) is 6.75. The number of rotatable bonds is 3. The largest absolute Gasteiger partial charge is 0.315 e. The van der Waals surface area contributed by atoms with E-state index >= 15 is 0 Å². The van der Waals surface area contributed by atoms with Crippen molar-refractivity contribution < 1.29 is 0 Å². The Morgan fingerprint density at radius 1 is 1.33 bits per heavy atom. The monoisotopic (exact) mass is 219 g/mol. The Kier molecular flexibility index (Phi) is 3.08. The van der Waals surface area contributed by atoms with E-state index in [4.69, 9.17) is 0 Å². The molecule has 2 aromatic rings. The van der Waals surface area contributed by atoms with Crippen molar-refractivity contribution >= 4 is 21.4 Å². The third-order valence-corrected chi connectivity index (χ3v) is 3.93. The summed E-state index contributed by atoms with van der Waals surface area (Å²) < 4.78 is 1.42. The quantitative estimate of drug-likeness (QED) is 0.833. The van der Waals surface area contributed by atoms with Crippen molar-refractivity contribution in [3.63, 3.8) is 0 Å². The highest BCUT2D eigenvalue weighted by molar-refractivity contribution is 7.19. The van der Waals surface area contributed by atoms with Crippen molar-refractivity contribution in [2.24, 2.45) is 0 Å². The Hall–Kier alpha value is -0.860. The molecule has 0 unspecified atom stereocenters. The molecule has 0 aliphatic carbocycles. The average molecular weight is 219 g/mol. The highest BCUT2D eigenvalue weighted by Gasteiger charge is 2.09. The molecule has 1 nitrogen and oxygen atoms in total. The van der Waals surface area contributed by atoms with E-state index in [2.05, 4.69) is 37.4 Å². The van der Waals surface area contributed by atoms with E-state index in [0.29, 0.717) is 0 Å². The van der Waals surface area contributed by atoms with Crippen molar-refractivity contribution in [3.05, 3.63) is 34.2 Å². The van der Waals surface area contributed by atoms with Crippen molar-refractivity contribution in [2.75, 3.05) is 7.05 Å². The summed E-state index contributed by atoms with van der Waals surface area (Å²) in [6.45, 7) is 5.39. The van der Waals surface area contributed by atoms with Crippen LogP contribution in [0.15, 0.2) is 18.2 Å². The lowest BCUT2D eigenvalue weighted by molar-refractivity contribution is 0.822. The fourth-order valence-electron chi connectivity index (χ4n) is 2.00. The van der Waals surface area contributed by atoms with Crippen LogP contribution in [0.3, 0.4) is 0 Å². The van der Waals surface area contributed by atoms with E-state index in [0.717, 1.165) is 13.0 Å². The summed E-state index contributed by atoms with van der Waals surface area (Å²) in [4.78, 5) is 1.49. The molecule has 80 valence electrons. The summed E-state index contributed by atoms with van der Waals surface area (Å²) in [5, 5.41) is 4.70. The maximum Gasteiger partial charge on any atom is 0.0349 e. The maximum absolute atomic E-state index is 3.24. The number of fused-ring (bicyclic) bond motifs is 1. The van der Waals surface area contributed by atoms with Gasteiger partial charge in [-0.2, -0.15) is 0 Å². The van der Waals surface area contributed by atoms with Gasteiger partial charge in [-0.1, -0.05) is 24.6 Å². The van der Waals surface area contributed by atoms with Gasteiger partial charge in [0.2, 0.25) is 0 Å².